The fourth-order valence-corrected chi connectivity index (χ4v) is 3.23. The van der Waals surface area contributed by atoms with E-state index in [4.69, 9.17) is 0 Å². The van der Waals surface area contributed by atoms with Crippen LogP contribution in [0.3, 0.4) is 0 Å². The van der Waals surface area contributed by atoms with Crippen LogP contribution in [0.2, 0.25) is 0 Å². The summed E-state index contributed by atoms with van der Waals surface area (Å²) in [4.78, 5) is 37.2. The third kappa shape index (κ3) is 7.83. The van der Waals surface area contributed by atoms with Crippen molar-refractivity contribution >= 4 is 77.0 Å². The molecular formula is C20H27NNa2O6. The number of amides is 1. The molecule has 0 aliphatic carbocycles. The van der Waals surface area contributed by atoms with Crippen LogP contribution in [0.15, 0.2) is 35.4 Å². The number of aliphatic carboxylic acids is 2. The van der Waals surface area contributed by atoms with E-state index in [-0.39, 0.29) is 88.7 Å². The number of rotatable bonds is 6. The third-order valence-electron chi connectivity index (χ3n) is 4.72. The van der Waals surface area contributed by atoms with Crippen molar-refractivity contribution in [3.8, 4) is 0 Å². The summed E-state index contributed by atoms with van der Waals surface area (Å²) in [6.45, 7) is 4.29. The maximum absolute atomic E-state index is 12.5. The summed E-state index contributed by atoms with van der Waals surface area (Å²) in [6.07, 6.45) is 0.731. The molecule has 0 aromatic heterocycles. The van der Waals surface area contributed by atoms with Crippen molar-refractivity contribution in [2.45, 2.75) is 39.2 Å². The number of nitrogens with zero attached hydrogens (tertiary/aromatic N) is 1. The Bertz CT molecular complexity index is 753. The summed E-state index contributed by atoms with van der Waals surface area (Å²) in [5.74, 6) is -3.05. The summed E-state index contributed by atoms with van der Waals surface area (Å²) < 4.78 is 0. The third-order valence-corrected chi connectivity index (χ3v) is 4.72. The predicted molar refractivity (Wildman–Crippen MR) is 113 cm³/mol. The van der Waals surface area contributed by atoms with Crippen molar-refractivity contribution in [2.75, 3.05) is 13.1 Å². The van der Waals surface area contributed by atoms with Gasteiger partial charge in [0, 0.05) is 25.1 Å². The number of hydrogen-bond donors (Lipinski definition) is 3. The average molecular weight is 423 g/mol. The minimum absolute atomic E-state index is 0. The number of carbonyl (C=O) groups is 3. The molecule has 7 nitrogen and oxygen atoms in total. The molecule has 1 aliphatic heterocycles. The van der Waals surface area contributed by atoms with E-state index in [1.54, 1.807) is 43.0 Å². The molecule has 1 aromatic carbocycles. The van der Waals surface area contributed by atoms with Gasteiger partial charge < -0.3 is 20.2 Å². The molecule has 0 unspecified atom stereocenters. The Morgan fingerprint density at radius 3 is 1.93 bits per heavy atom. The fraction of sp³-hybridized carbons (Fsp3) is 0.450. The van der Waals surface area contributed by atoms with E-state index in [9.17, 15) is 29.7 Å². The van der Waals surface area contributed by atoms with E-state index >= 15 is 0 Å². The maximum atomic E-state index is 12.5. The van der Waals surface area contributed by atoms with Crippen LogP contribution in [0, 0.1) is 5.92 Å². The van der Waals surface area contributed by atoms with Crippen LogP contribution in [0.1, 0.15) is 42.6 Å². The van der Waals surface area contributed by atoms with E-state index in [1.807, 2.05) is 0 Å². The van der Waals surface area contributed by atoms with E-state index in [0.29, 0.717) is 37.1 Å². The van der Waals surface area contributed by atoms with Gasteiger partial charge in [0.05, 0.1) is 17.3 Å². The van der Waals surface area contributed by atoms with Crippen molar-refractivity contribution in [3.05, 3.63) is 46.5 Å². The van der Waals surface area contributed by atoms with Crippen LogP contribution in [0.25, 0.3) is 0 Å². The van der Waals surface area contributed by atoms with Gasteiger partial charge in [0.25, 0.3) is 5.91 Å². The molecule has 29 heavy (non-hydrogen) atoms. The Labute approximate surface area is 214 Å². The van der Waals surface area contributed by atoms with Crippen LogP contribution in [0.5, 0.6) is 0 Å². The molecule has 1 aromatic rings. The molecule has 0 spiro atoms. The number of aliphatic hydroxyl groups is 1. The van der Waals surface area contributed by atoms with Crippen molar-refractivity contribution in [3.63, 3.8) is 0 Å². The Morgan fingerprint density at radius 2 is 1.52 bits per heavy atom. The van der Waals surface area contributed by atoms with Crippen LogP contribution in [0.4, 0.5) is 0 Å². The Hall–Kier alpha value is -0.670. The quantitative estimate of drug-likeness (QED) is 0.457. The summed E-state index contributed by atoms with van der Waals surface area (Å²) >= 11 is 0. The van der Waals surface area contributed by atoms with E-state index in [1.165, 1.54) is 0 Å². The summed E-state index contributed by atoms with van der Waals surface area (Å²) in [5.41, 5.74) is 0.840. The van der Waals surface area contributed by atoms with Gasteiger partial charge in [0.1, 0.15) is 0 Å². The molecule has 0 bridgehead atoms. The number of hydrogen-bond acceptors (Lipinski definition) is 4. The second kappa shape index (κ2) is 12.9. The first-order chi connectivity index (χ1) is 12.7. The van der Waals surface area contributed by atoms with Crippen LogP contribution >= 0.6 is 0 Å². The Balaban J connectivity index is 0.00000392. The van der Waals surface area contributed by atoms with E-state index in [2.05, 4.69) is 0 Å². The minimum atomic E-state index is -1.26. The van der Waals surface area contributed by atoms with Crippen LogP contribution in [-0.2, 0) is 16.0 Å². The molecule has 0 atom stereocenters. The molecule has 9 heteroatoms. The van der Waals surface area contributed by atoms with Gasteiger partial charge in [-0.25, -0.2) is 9.59 Å². The molecule has 3 N–H and O–H groups in total. The molecule has 2 rings (SSSR count). The summed E-state index contributed by atoms with van der Waals surface area (Å²) in [5, 5.41) is 28.3. The number of carboxylic acids is 2. The van der Waals surface area contributed by atoms with Crippen molar-refractivity contribution < 1.29 is 29.7 Å². The van der Waals surface area contributed by atoms with Gasteiger partial charge in [-0.3, -0.25) is 4.79 Å². The van der Waals surface area contributed by atoms with Gasteiger partial charge in [-0.15, -0.1) is 0 Å². The zero-order valence-corrected chi connectivity index (χ0v) is 15.5. The van der Waals surface area contributed by atoms with E-state index < -0.39 is 17.9 Å². The monoisotopic (exact) mass is 423 g/mol. The number of likely N-dealkylation sites (tertiary alicyclic amines) is 1. The number of carboxylic acid groups (broad SMARTS) is 2. The SMILES string of the molecule is CC(C)/C(C(=O)O)=C(\Cc1ccc(C(=O)N2CCC(O)CC2)cc1)C(=O)O.[NaH].[NaH]. The molecule has 0 radical (unpaired) electrons. The number of benzene rings is 1. The number of carbonyl (C=O) groups excluding carboxylic acids is 1. The second-order valence-electron chi connectivity index (χ2n) is 7.05. The summed E-state index contributed by atoms with van der Waals surface area (Å²) in [7, 11) is 0. The first-order valence-corrected chi connectivity index (χ1v) is 8.96. The first kappa shape index (κ1) is 28.3. The summed E-state index contributed by atoms with van der Waals surface area (Å²) in [6, 6.07) is 6.54. The molecule has 150 valence electrons. The van der Waals surface area contributed by atoms with Gasteiger partial charge in [-0.05, 0) is 36.5 Å². The van der Waals surface area contributed by atoms with Crippen LogP contribution < -0.4 is 0 Å². The second-order valence-corrected chi connectivity index (χ2v) is 7.05. The van der Waals surface area contributed by atoms with Crippen molar-refractivity contribution in [1.29, 1.82) is 0 Å². The van der Waals surface area contributed by atoms with E-state index in [0.717, 1.165) is 0 Å². The molecule has 1 heterocycles. The number of aliphatic hydroxyl groups excluding tert-OH is 1. The standard InChI is InChI=1S/C20H25NO6.2Na.2H/c1-12(2)17(20(26)27)16(19(24)25)11-13-3-5-14(6-4-13)18(23)21-9-7-15(22)8-10-21;;;;/h3-6,12,15,22H,7-11H2,1-2H3,(H,24,25)(H,26,27);;;;/b17-16-;;;;. The van der Waals surface area contributed by atoms with Gasteiger partial charge in [0.15, 0.2) is 0 Å². The molecule has 1 saturated heterocycles. The predicted octanol–water partition coefficient (Wildman–Crippen LogP) is 0.651. The van der Waals surface area contributed by atoms with Gasteiger partial charge in [-0.1, -0.05) is 26.0 Å². The topological polar surface area (TPSA) is 115 Å². The zero-order valence-electron chi connectivity index (χ0n) is 15.5. The Morgan fingerprint density at radius 1 is 1.00 bits per heavy atom. The fourth-order valence-electron chi connectivity index (χ4n) is 3.23. The van der Waals surface area contributed by atoms with Gasteiger partial charge in [0.2, 0.25) is 0 Å². The van der Waals surface area contributed by atoms with Crippen molar-refractivity contribution in [2.24, 2.45) is 5.92 Å². The molecule has 1 aliphatic rings. The molecule has 1 amide bonds. The normalized spacial score (nSPS) is 15.1. The zero-order chi connectivity index (χ0) is 20.1. The molecule has 0 saturated carbocycles. The van der Waals surface area contributed by atoms with Gasteiger partial charge in [-0.2, -0.15) is 0 Å². The van der Waals surface area contributed by atoms with Crippen LogP contribution in [-0.4, -0.2) is 116 Å². The first-order valence-electron chi connectivity index (χ1n) is 8.96. The van der Waals surface area contributed by atoms with Crippen molar-refractivity contribution in [1.82, 2.24) is 4.90 Å². The van der Waals surface area contributed by atoms with Gasteiger partial charge >= 0.3 is 71.1 Å². The number of piperidine rings is 1. The Kier molecular flexibility index (Phi) is 12.6. The average Bonchev–Trinajstić information content (AvgIpc) is 2.61. The molecule has 1 fully saturated rings. The molecular weight excluding hydrogens is 396 g/mol.